The average molecular weight is 436 g/mol. The fourth-order valence-electron chi connectivity index (χ4n) is 2.59. The molecule has 1 aromatic heterocycles. The number of furan rings is 1. The number of nitrogens with zero attached hydrogens (tertiary/aromatic N) is 2. The van der Waals surface area contributed by atoms with Gasteiger partial charge in [-0.2, -0.15) is 23.3 Å². The zero-order chi connectivity index (χ0) is 22.6. The first kappa shape index (κ1) is 21.8. The van der Waals surface area contributed by atoms with Crippen LogP contribution in [0.2, 0.25) is 0 Å². The summed E-state index contributed by atoms with van der Waals surface area (Å²) in [5, 5.41) is 4.02. The Kier molecular flexibility index (Phi) is 6.23. The van der Waals surface area contributed by atoms with Crippen LogP contribution in [0.15, 0.2) is 57.8 Å². The zero-order valence-corrected chi connectivity index (χ0v) is 16.0. The van der Waals surface area contributed by atoms with Gasteiger partial charge in [-0.1, -0.05) is 0 Å². The van der Waals surface area contributed by atoms with Crippen LogP contribution in [0.25, 0.3) is 6.08 Å². The van der Waals surface area contributed by atoms with E-state index in [0.29, 0.717) is 5.01 Å². The van der Waals surface area contributed by atoms with Crippen molar-refractivity contribution in [1.29, 1.82) is 0 Å². The highest BCUT2D eigenvalue weighted by Crippen LogP contribution is 2.32. The number of benzene rings is 1. The van der Waals surface area contributed by atoms with E-state index < -0.39 is 35.3 Å². The number of alkyl halides is 3. The number of hydrogen-bond donors (Lipinski definition) is 0. The molecule has 8 nitrogen and oxygen atoms in total. The minimum atomic E-state index is -4.87. The molecule has 1 aliphatic heterocycles. The molecule has 31 heavy (non-hydrogen) atoms. The molecule has 0 aliphatic carbocycles. The second kappa shape index (κ2) is 8.86. The first-order valence-corrected chi connectivity index (χ1v) is 8.83. The summed E-state index contributed by atoms with van der Waals surface area (Å²) < 4.78 is 54.7. The number of amides is 1. The maximum Gasteiger partial charge on any atom is 0.435 e. The minimum absolute atomic E-state index is 0.0195. The molecule has 162 valence electrons. The van der Waals surface area contributed by atoms with Gasteiger partial charge >= 0.3 is 18.1 Å². The van der Waals surface area contributed by atoms with Gasteiger partial charge in [0.2, 0.25) is 0 Å². The Morgan fingerprint density at radius 3 is 2.39 bits per heavy atom. The van der Waals surface area contributed by atoms with Crippen LogP contribution in [-0.4, -0.2) is 42.9 Å². The van der Waals surface area contributed by atoms with E-state index in [2.05, 4.69) is 9.84 Å². The van der Waals surface area contributed by atoms with Gasteiger partial charge in [-0.15, -0.1) is 0 Å². The van der Waals surface area contributed by atoms with Crippen LogP contribution in [0.3, 0.4) is 0 Å². The van der Waals surface area contributed by atoms with Crippen LogP contribution < -0.4 is 5.01 Å². The summed E-state index contributed by atoms with van der Waals surface area (Å²) in [4.78, 5) is 35.2. The Morgan fingerprint density at radius 2 is 1.81 bits per heavy atom. The van der Waals surface area contributed by atoms with Gasteiger partial charge in [0.1, 0.15) is 19.0 Å². The molecule has 2 heterocycles. The molecule has 1 aliphatic rings. The van der Waals surface area contributed by atoms with E-state index in [0.717, 1.165) is 6.08 Å². The second-order valence-corrected chi connectivity index (χ2v) is 6.16. The van der Waals surface area contributed by atoms with Crippen LogP contribution in [-0.2, 0) is 19.1 Å². The van der Waals surface area contributed by atoms with Gasteiger partial charge in [-0.25, -0.2) is 4.79 Å². The van der Waals surface area contributed by atoms with Gasteiger partial charge < -0.3 is 13.9 Å². The van der Waals surface area contributed by atoms with Crippen LogP contribution in [0, 0.1) is 0 Å². The summed E-state index contributed by atoms with van der Waals surface area (Å²) in [7, 11) is 0. The summed E-state index contributed by atoms with van der Waals surface area (Å²) in [6.45, 7) is 0.939. The minimum Gasteiger partial charge on any atom is -0.465 e. The zero-order valence-electron chi connectivity index (χ0n) is 16.0. The third-order valence-electron chi connectivity index (χ3n) is 3.95. The van der Waals surface area contributed by atoms with Gasteiger partial charge in [0.15, 0.2) is 5.71 Å². The smallest absolute Gasteiger partial charge is 0.435 e. The predicted molar refractivity (Wildman–Crippen MR) is 101 cm³/mol. The second-order valence-electron chi connectivity index (χ2n) is 6.16. The van der Waals surface area contributed by atoms with Crippen molar-refractivity contribution in [3.63, 3.8) is 0 Å². The van der Waals surface area contributed by atoms with E-state index in [1.807, 2.05) is 0 Å². The topological polar surface area (TPSA) is 98.4 Å². The first-order chi connectivity index (χ1) is 14.7. The fraction of sp³-hybridized carbons (Fsp3) is 0.200. The molecule has 3 rings (SSSR count). The largest absolute Gasteiger partial charge is 0.465 e. The Balaban J connectivity index is 1.77. The van der Waals surface area contributed by atoms with E-state index in [-0.39, 0.29) is 30.2 Å². The van der Waals surface area contributed by atoms with Crippen LogP contribution in [0.4, 0.5) is 18.9 Å². The number of hydrazone groups is 1. The molecule has 0 unspecified atom stereocenters. The molecular weight excluding hydrogens is 421 g/mol. The molecule has 0 bridgehead atoms. The Morgan fingerprint density at radius 1 is 1.13 bits per heavy atom. The summed E-state index contributed by atoms with van der Waals surface area (Å²) in [6, 6.07) is 7.93. The predicted octanol–water partition coefficient (Wildman–Crippen LogP) is 3.35. The Labute approximate surface area is 173 Å². The normalized spacial score (nSPS) is 15.2. The van der Waals surface area contributed by atoms with Gasteiger partial charge in [0.25, 0.3) is 5.91 Å². The van der Waals surface area contributed by atoms with E-state index in [9.17, 15) is 27.6 Å². The van der Waals surface area contributed by atoms with Gasteiger partial charge in [-0.3, -0.25) is 9.59 Å². The average Bonchev–Trinajstić information content (AvgIpc) is 3.34. The quantitative estimate of drug-likeness (QED) is 0.391. The fourth-order valence-corrected chi connectivity index (χ4v) is 2.59. The number of ether oxygens (including phenoxy) is 2. The summed E-state index contributed by atoms with van der Waals surface area (Å²) >= 11 is 0. The van der Waals surface area contributed by atoms with Crippen molar-refractivity contribution >= 4 is 35.3 Å². The van der Waals surface area contributed by atoms with E-state index >= 15 is 0 Å². The third kappa shape index (κ3) is 5.18. The van der Waals surface area contributed by atoms with E-state index in [1.54, 1.807) is 0 Å². The maximum atomic E-state index is 13.4. The highest BCUT2D eigenvalue weighted by atomic mass is 19.4. The van der Waals surface area contributed by atoms with E-state index in [1.165, 1.54) is 49.6 Å². The monoisotopic (exact) mass is 436 g/mol. The molecule has 0 fully saturated rings. The highest BCUT2D eigenvalue weighted by molar-refractivity contribution is 6.34. The van der Waals surface area contributed by atoms with Crippen LogP contribution in [0.1, 0.15) is 23.0 Å². The molecule has 0 atom stereocenters. The van der Waals surface area contributed by atoms with Crippen molar-refractivity contribution in [2.24, 2.45) is 5.10 Å². The molecule has 1 aromatic carbocycles. The summed E-state index contributed by atoms with van der Waals surface area (Å²) in [6.07, 6.45) is -2.64. The van der Waals surface area contributed by atoms with Gasteiger partial charge in [-0.05, 0) is 42.5 Å². The summed E-state index contributed by atoms with van der Waals surface area (Å²) in [5.74, 6) is -2.19. The number of esters is 2. The number of anilines is 1. The lowest BCUT2D eigenvalue weighted by molar-refractivity contribution is -0.142. The SMILES string of the molecule is CC(=O)OCCOC(=O)c1ccc(N2N=C(C(F)(F)F)C(=Cc3ccco3)C2=O)cc1. The molecule has 0 saturated heterocycles. The lowest BCUT2D eigenvalue weighted by Gasteiger charge is -2.12. The lowest BCUT2D eigenvalue weighted by atomic mass is 10.1. The van der Waals surface area contributed by atoms with Crippen molar-refractivity contribution < 1.29 is 41.4 Å². The number of carbonyl (C=O) groups is 3. The molecule has 0 radical (unpaired) electrons. The number of hydrogen-bond acceptors (Lipinski definition) is 7. The number of rotatable bonds is 6. The Bertz CT molecular complexity index is 1040. The molecule has 0 spiro atoms. The van der Waals surface area contributed by atoms with Crippen molar-refractivity contribution in [2.45, 2.75) is 13.1 Å². The van der Waals surface area contributed by atoms with Crippen LogP contribution >= 0.6 is 0 Å². The maximum absolute atomic E-state index is 13.4. The van der Waals surface area contributed by atoms with Gasteiger partial charge in [0, 0.05) is 6.92 Å². The third-order valence-corrected chi connectivity index (χ3v) is 3.95. The first-order valence-electron chi connectivity index (χ1n) is 8.83. The van der Waals surface area contributed by atoms with Crippen LogP contribution in [0.5, 0.6) is 0 Å². The van der Waals surface area contributed by atoms with Crippen molar-refractivity contribution in [1.82, 2.24) is 0 Å². The van der Waals surface area contributed by atoms with Crippen molar-refractivity contribution in [2.75, 3.05) is 18.2 Å². The number of carbonyl (C=O) groups excluding carboxylic acids is 3. The highest BCUT2D eigenvalue weighted by Gasteiger charge is 2.47. The molecule has 1 amide bonds. The summed E-state index contributed by atoms with van der Waals surface area (Å²) in [5.41, 5.74) is -1.92. The lowest BCUT2D eigenvalue weighted by Crippen LogP contribution is -2.25. The molecule has 11 heteroatoms. The van der Waals surface area contributed by atoms with E-state index in [4.69, 9.17) is 9.15 Å². The molecule has 2 aromatic rings. The van der Waals surface area contributed by atoms with Crippen molar-refractivity contribution in [3.8, 4) is 0 Å². The standard InChI is InChI=1S/C20H15F3N2O6/c1-12(26)29-9-10-31-19(28)13-4-6-14(7-5-13)25-18(27)16(11-15-3-2-8-30-15)17(24-25)20(21,22)23/h2-8,11H,9-10H2,1H3. The number of halogens is 3. The molecular formula is C20H15F3N2O6. The molecule has 0 saturated carbocycles. The Hall–Kier alpha value is -3.89. The van der Waals surface area contributed by atoms with Crippen molar-refractivity contribution in [3.05, 3.63) is 59.6 Å². The van der Waals surface area contributed by atoms with Gasteiger partial charge in [0.05, 0.1) is 23.1 Å². The molecule has 0 N–H and O–H groups in total.